The fourth-order valence-electron chi connectivity index (χ4n) is 2.80. The van der Waals surface area contributed by atoms with Gasteiger partial charge in [0.1, 0.15) is 0 Å². The highest BCUT2D eigenvalue weighted by atomic mass is 16.5. The molecule has 132 valence electrons. The number of aromatic nitrogens is 1. The number of carbonyl (C=O) groups excluding carboxylic acids is 1. The van der Waals surface area contributed by atoms with E-state index in [0.717, 1.165) is 5.56 Å². The summed E-state index contributed by atoms with van der Waals surface area (Å²) in [7, 11) is 4.55. The van der Waals surface area contributed by atoms with Crippen molar-refractivity contribution in [1.82, 2.24) is 10.3 Å². The second-order valence-corrected chi connectivity index (χ2v) is 5.97. The quantitative estimate of drug-likeness (QED) is 0.838. The van der Waals surface area contributed by atoms with Crippen molar-refractivity contribution < 1.29 is 19.0 Å². The zero-order chi connectivity index (χ0) is 17.8. The van der Waals surface area contributed by atoms with Crippen LogP contribution in [-0.2, 0) is 6.54 Å². The lowest BCUT2D eigenvalue weighted by Crippen LogP contribution is -2.23. The van der Waals surface area contributed by atoms with Gasteiger partial charge in [-0.25, -0.2) is 0 Å². The highest BCUT2D eigenvalue weighted by Crippen LogP contribution is 2.40. The number of pyridine rings is 1. The summed E-state index contributed by atoms with van der Waals surface area (Å²) in [5.74, 6) is 1.65. The maximum Gasteiger partial charge on any atom is 0.255 e. The van der Waals surface area contributed by atoms with Crippen molar-refractivity contribution in [3.63, 3.8) is 0 Å². The van der Waals surface area contributed by atoms with E-state index in [9.17, 15) is 4.79 Å². The summed E-state index contributed by atoms with van der Waals surface area (Å²) in [5, 5.41) is 2.91. The first kappa shape index (κ1) is 17.1. The van der Waals surface area contributed by atoms with Crippen molar-refractivity contribution in [2.24, 2.45) is 0 Å². The predicted octanol–water partition coefficient (Wildman–Crippen LogP) is 2.91. The van der Waals surface area contributed by atoms with E-state index in [2.05, 4.69) is 16.4 Å². The Morgan fingerprint density at radius 2 is 1.88 bits per heavy atom. The zero-order valence-corrected chi connectivity index (χ0v) is 14.7. The molecule has 0 aliphatic heterocycles. The second-order valence-electron chi connectivity index (χ2n) is 5.97. The van der Waals surface area contributed by atoms with E-state index in [-0.39, 0.29) is 5.91 Å². The third-order valence-corrected chi connectivity index (χ3v) is 4.27. The molecule has 1 amide bonds. The monoisotopic (exact) mass is 342 g/mol. The summed E-state index contributed by atoms with van der Waals surface area (Å²) in [6.07, 6.45) is 6.12. The van der Waals surface area contributed by atoms with Crippen LogP contribution in [0.3, 0.4) is 0 Å². The van der Waals surface area contributed by atoms with Gasteiger partial charge in [0.05, 0.1) is 26.9 Å². The van der Waals surface area contributed by atoms with E-state index in [0.29, 0.717) is 35.3 Å². The highest BCUT2D eigenvalue weighted by molar-refractivity contribution is 5.98. The molecule has 1 heterocycles. The molecule has 0 unspecified atom stereocenters. The number of amides is 1. The van der Waals surface area contributed by atoms with Crippen molar-refractivity contribution in [2.45, 2.75) is 25.3 Å². The van der Waals surface area contributed by atoms with Crippen LogP contribution >= 0.6 is 0 Å². The average molecular weight is 342 g/mol. The molecular formula is C19H22N2O4. The van der Waals surface area contributed by atoms with E-state index < -0.39 is 0 Å². The molecule has 3 rings (SSSR count). The molecule has 6 nitrogen and oxygen atoms in total. The maximum atomic E-state index is 12.6. The summed E-state index contributed by atoms with van der Waals surface area (Å²) in [6.45, 7) is 0.407. The summed E-state index contributed by atoms with van der Waals surface area (Å²) in [4.78, 5) is 16.9. The molecule has 1 aliphatic rings. The molecule has 0 radical (unpaired) electrons. The first-order valence-corrected chi connectivity index (χ1v) is 8.19. The number of hydrogen-bond acceptors (Lipinski definition) is 5. The molecule has 0 spiro atoms. The molecule has 2 aromatic rings. The van der Waals surface area contributed by atoms with Gasteiger partial charge in [0.25, 0.3) is 5.91 Å². The standard InChI is InChI=1S/C19H22N2O4/c1-23-16-7-6-15(17(24-2)18(16)25-3)19(22)21-10-12-8-14(11-20-9-12)13-4-5-13/h6-9,11,13H,4-5,10H2,1-3H3,(H,21,22). The number of nitrogens with one attached hydrogen (secondary N) is 1. The highest BCUT2D eigenvalue weighted by Gasteiger charge is 2.24. The van der Waals surface area contributed by atoms with Crippen molar-refractivity contribution in [2.75, 3.05) is 21.3 Å². The fraction of sp³-hybridized carbons (Fsp3) is 0.368. The lowest BCUT2D eigenvalue weighted by Gasteiger charge is -2.15. The van der Waals surface area contributed by atoms with Gasteiger partial charge < -0.3 is 19.5 Å². The van der Waals surface area contributed by atoms with Crippen LogP contribution in [0.5, 0.6) is 17.2 Å². The largest absolute Gasteiger partial charge is 0.493 e. The Morgan fingerprint density at radius 1 is 1.12 bits per heavy atom. The summed E-state index contributed by atoms with van der Waals surface area (Å²) >= 11 is 0. The molecule has 25 heavy (non-hydrogen) atoms. The van der Waals surface area contributed by atoms with Gasteiger partial charge in [0.2, 0.25) is 5.75 Å². The van der Waals surface area contributed by atoms with Crippen molar-refractivity contribution >= 4 is 5.91 Å². The summed E-state index contributed by atoms with van der Waals surface area (Å²) in [5.41, 5.74) is 2.62. The van der Waals surface area contributed by atoms with Gasteiger partial charge >= 0.3 is 0 Å². The van der Waals surface area contributed by atoms with E-state index in [1.165, 1.54) is 39.7 Å². The SMILES string of the molecule is COc1ccc(C(=O)NCc2cncc(C3CC3)c2)c(OC)c1OC. The summed E-state index contributed by atoms with van der Waals surface area (Å²) in [6, 6.07) is 5.46. The molecule has 1 fully saturated rings. The van der Waals surface area contributed by atoms with Crippen LogP contribution in [0.15, 0.2) is 30.6 Å². The van der Waals surface area contributed by atoms with Gasteiger partial charge in [-0.1, -0.05) is 6.07 Å². The van der Waals surface area contributed by atoms with Gasteiger partial charge in [0, 0.05) is 18.9 Å². The normalized spacial score (nSPS) is 13.2. The number of hydrogen-bond donors (Lipinski definition) is 1. The van der Waals surface area contributed by atoms with Crippen LogP contribution in [0, 0.1) is 0 Å². The number of methoxy groups -OCH3 is 3. The molecule has 0 saturated heterocycles. The van der Waals surface area contributed by atoms with Crippen LogP contribution in [0.4, 0.5) is 0 Å². The van der Waals surface area contributed by atoms with Crippen LogP contribution in [0.2, 0.25) is 0 Å². The first-order valence-electron chi connectivity index (χ1n) is 8.19. The Bertz CT molecular complexity index is 772. The predicted molar refractivity (Wildman–Crippen MR) is 93.5 cm³/mol. The Labute approximate surface area is 147 Å². The Balaban J connectivity index is 1.75. The average Bonchev–Trinajstić information content (AvgIpc) is 3.50. The van der Waals surface area contributed by atoms with Crippen LogP contribution in [0.1, 0.15) is 40.2 Å². The number of ether oxygens (including phenoxy) is 3. The topological polar surface area (TPSA) is 69.7 Å². The molecule has 6 heteroatoms. The van der Waals surface area contributed by atoms with Crippen molar-refractivity contribution in [3.8, 4) is 17.2 Å². The number of nitrogens with zero attached hydrogens (tertiary/aromatic N) is 1. The van der Waals surface area contributed by atoms with Crippen LogP contribution in [0.25, 0.3) is 0 Å². The van der Waals surface area contributed by atoms with Gasteiger partial charge in [0.15, 0.2) is 11.5 Å². The number of carbonyl (C=O) groups is 1. The Kier molecular flexibility index (Phi) is 5.07. The third-order valence-electron chi connectivity index (χ3n) is 4.27. The molecule has 1 aromatic heterocycles. The number of benzene rings is 1. The second kappa shape index (κ2) is 7.42. The maximum absolute atomic E-state index is 12.6. The van der Waals surface area contributed by atoms with Crippen molar-refractivity contribution in [1.29, 1.82) is 0 Å². The molecule has 1 saturated carbocycles. The van der Waals surface area contributed by atoms with E-state index >= 15 is 0 Å². The van der Waals surface area contributed by atoms with E-state index in [4.69, 9.17) is 14.2 Å². The Hall–Kier alpha value is -2.76. The molecular weight excluding hydrogens is 320 g/mol. The van der Waals surface area contributed by atoms with Gasteiger partial charge in [-0.3, -0.25) is 9.78 Å². The van der Waals surface area contributed by atoms with E-state index in [1.807, 2.05) is 6.20 Å². The molecule has 0 bridgehead atoms. The minimum atomic E-state index is -0.241. The lowest BCUT2D eigenvalue weighted by atomic mass is 10.1. The lowest BCUT2D eigenvalue weighted by molar-refractivity contribution is 0.0947. The molecule has 0 atom stereocenters. The zero-order valence-electron chi connectivity index (χ0n) is 14.7. The van der Waals surface area contributed by atoms with Gasteiger partial charge in [-0.15, -0.1) is 0 Å². The molecule has 1 aliphatic carbocycles. The summed E-state index contributed by atoms with van der Waals surface area (Å²) < 4.78 is 15.9. The van der Waals surface area contributed by atoms with Gasteiger partial charge in [-0.2, -0.15) is 0 Å². The minimum Gasteiger partial charge on any atom is -0.493 e. The number of rotatable bonds is 7. The van der Waals surface area contributed by atoms with Gasteiger partial charge in [-0.05, 0) is 42.0 Å². The van der Waals surface area contributed by atoms with E-state index in [1.54, 1.807) is 18.3 Å². The molecule has 1 aromatic carbocycles. The fourth-order valence-corrected chi connectivity index (χ4v) is 2.80. The Morgan fingerprint density at radius 3 is 2.52 bits per heavy atom. The van der Waals surface area contributed by atoms with Crippen LogP contribution in [-0.4, -0.2) is 32.2 Å². The van der Waals surface area contributed by atoms with Crippen LogP contribution < -0.4 is 19.5 Å². The first-order chi connectivity index (χ1) is 12.2. The molecule has 1 N–H and O–H groups in total. The third kappa shape index (κ3) is 3.68. The van der Waals surface area contributed by atoms with Crippen molar-refractivity contribution in [3.05, 3.63) is 47.3 Å². The minimum absolute atomic E-state index is 0.241. The smallest absolute Gasteiger partial charge is 0.255 e.